The minimum atomic E-state index is -2.00. The van der Waals surface area contributed by atoms with Crippen LogP contribution >= 0.6 is 0 Å². The van der Waals surface area contributed by atoms with E-state index >= 15 is 0 Å². The van der Waals surface area contributed by atoms with Gasteiger partial charge in [0.1, 0.15) is 0 Å². The van der Waals surface area contributed by atoms with Gasteiger partial charge in [-0.05, 0) is 41.6 Å². The number of hydrogen-bond donors (Lipinski definition) is 0. The zero-order valence-corrected chi connectivity index (χ0v) is 24.1. The molecular weight excluding hydrogens is 476 g/mol. The van der Waals surface area contributed by atoms with Crippen molar-refractivity contribution in [1.82, 2.24) is 0 Å². The van der Waals surface area contributed by atoms with Crippen molar-refractivity contribution in [3.05, 3.63) is 96.6 Å². The molecule has 4 rings (SSSR count). The van der Waals surface area contributed by atoms with Crippen LogP contribution in [0.4, 0.5) is 0 Å². The van der Waals surface area contributed by atoms with Gasteiger partial charge in [0.05, 0.1) is 25.9 Å². The van der Waals surface area contributed by atoms with Gasteiger partial charge in [0.15, 0.2) is 5.79 Å². The van der Waals surface area contributed by atoms with Gasteiger partial charge in [0.25, 0.3) is 0 Å². The van der Waals surface area contributed by atoms with Crippen molar-refractivity contribution in [3.63, 3.8) is 0 Å². The summed E-state index contributed by atoms with van der Waals surface area (Å²) in [6.07, 6.45) is 0.705. The predicted octanol–water partition coefficient (Wildman–Crippen LogP) is 5.33. The maximum atomic E-state index is 7.34. The molecule has 5 heteroatoms. The number of benzene rings is 3. The smallest absolute Gasteiger partial charge is 0.240 e. The maximum Gasteiger partial charge on any atom is 0.240 e. The Morgan fingerprint density at radius 2 is 1.27 bits per heavy atom. The fraction of sp³-hybridized carbons (Fsp3) is 0.438. The van der Waals surface area contributed by atoms with Crippen LogP contribution in [-0.4, -0.2) is 40.8 Å². The second-order valence-electron chi connectivity index (χ2n) is 11.7. The highest BCUT2D eigenvalue weighted by molar-refractivity contribution is 6.80. The molecule has 3 aromatic carbocycles. The van der Waals surface area contributed by atoms with Crippen molar-refractivity contribution in [2.75, 3.05) is 19.8 Å². The molecule has 4 nitrogen and oxygen atoms in total. The highest BCUT2D eigenvalue weighted by Crippen LogP contribution is 2.44. The van der Waals surface area contributed by atoms with E-state index in [9.17, 15) is 0 Å². The van der Waals surface area contributed by atoms with E-state index in [2.05, 4.69) is 93.6 Å². The lowest BCUT2D eigenvalue weighted by atomic mass is 9.69. The molecule has 1 heterocycles. The Labute approximate surface area is 224 Å². The molecular formula is C32H42O4Si. The van der Waals surface area contributed by atoms with Crippen molar-refractivity contribution >= 4 is 19.4 Å². The van der Waals surface area contributed by atoms with Crippen LogP contribution in [0, 0.1) is 10.8 Å². The van der Waals surface area contributed by atoms with Gasteiger partial charge in [0, 0.05) is 12.0 Å². The summed E-state index contributed by atoms with van der Waals surface area (Å²) in [4.78, 5) is 0. The second-order valence-corrected chi connectivity index (χ2v) is 14.1. The predicted molar refractivity (Wildman–Crippen MR) is 153 cm³/mol. The monoisotopic (exact) mass is 518 g/mol. The van der Waals surface area contributed by atoms with E-state index in [1.807, 2.05) is 32.0 Å². The first-order valence-electron chi connectivity index (χ1n) is 13.3. The van der Waals surface area contributed by atoms with E-state index in [1.165, 1.54) is 15.9 Å². The molecule has 0 amide bonds. The third-order valence-corrected chi connectivity index (χ3v) is 9.61. The molecule has 1 fully saturated rings. The van der Waals surface area contributed by atoms with Crippen molar-refractivity contribution in [2.45, 2.75) is 59.5 Å². The lowest BCUT2D eigenvalue weighted by Crippen LogP contribution is -2.61. The molecule has 1 aliphatic heterocycles. The average molecular weight is 519 g/mol. The SMILES string of the molecule is CC1(C)OCC(CCOCc2ccccc2)(C(O[SiH](c2ccccc2)c2ccccc2)C(C)(C)C)CO1. The summed E-state index contributed by atoms with van der Waals surface area (Å²) >= 11 is 0. The van der Waals surface area contributed by atoms with Gasteiger partial charge in [0.2, 0.25) is 9.04 Å². The number of ether oxygens (including phenoxy) is 3. The van der Waals surface area contributed by atoms with Crippen LogP contribution < -0.4 is 10.4 Å². The average Bonchev–Trinajstić information content (AvgIpc) is 2.89. The summed E-state index contributed by atoms with van der Waals surface area (Å²) in [5.41, 5.74) is 0.708. The van der Waals surface area contributed by atoms with Crippen LogP contribution in [0.2, 0.25) is 0 Å². The summed E-state index contributed by atoms with van der Waals surface area (Å²) in [7, 11) is -2.00. The van der Waals surface area contributed by atoms with E-state index in [-0.39, 0.29) is 16.9 Å². The van der Waals surface area contributed by atoms with E-state index in [0.717, 1.165) is 6.42 Å². The molecule has 1 aliphatic rings. The standard InChI is InChI=1S/C32H42O4Si/c1-30(2,3)29(36-37(27-17-11-7-12-18-27)28-19-13-8-14-20-28)32(24-34-31(4,5)35-25-32)21-22-33-23-26-15-9-6-10-16-26/h6-20,29,37H,21-25H2,1-5H3. The molecule has 0 saturated carbocycles. The van der Waals surface area contributed by atoms with Gasteiger partial charge in [-0.3, -0.25) is 0 Å². The van der Waals surface area contributed by atoms with E-state index in [4.69, 9.17) is 18.6 Å². The molecule has 3 aromatic rings. The van der Waals surface area contributed by atoms with Crippen LogP contribution in [-0.2, 0) is 25.2 Å². The van der Waals surface area contributed by atoms with Gasteiger partial charge < -0.3 is 18.6 Å². The Bertz CT molecular complexity index is 1030. The summed E-state index contributed by atoms with van der Waals surface area (Å²) in [5.74, 6) is -0.605. The first kappa shape index (κ1) is 27.7. The molecule has 0 bridgehead atoms. The summed E-state index contributed by atoms with van der Waals surface area (Å²) < 4.78 is 26.2. The van der Waals surface area contributed by atoms with Crippen molar-refractivity contribution in [1.29, 1.82) is 0 Å². The normalized spacial score (nSPS) is 18.0. The van der Waals surface area contributed by atoms with E-state index in [1.54, 1.807) is 0 Å². The molecule has 1 saturated heterocycles. The van der Waals surface area contributed by atoms with Crippen LogP contribution in [0.3, 0.4) is 0 Å². The minimum absolute atomic E-state index is 0.0893. The number of rotatable bonds is 10. The minimum Gasteiger partial charge on any atom is -0.407 e. The Balaban J connectivity index is 1.62. The fourth-order valence-corrected chi connectivity index (χ4v) is 8.01. The van der Waals surface area contributed by atoms with Gasteiger partial charge >= 0.3 is 0 Å². The lowest BCUT2D eigenvalue weighted by Gasteiger charge is -2.52. The molecule has 1 atom stereocenters. The largest absolute Gasteiger partial charge is 0.407 e. The zero-order chi connectivity index (χ0) is 26.4. The van der Waals surface area contributed by atoms with Crippen LogP contribution in [0.1, 0.15) is 46.6 Å². The molecule has 0 radical (unpaired) electrons. The Morgan fingerprint density at radius 3 is 1.76 bits per heavy atom. The van der Waals surface area contributed by atoms with Crippen molar-refractivity contribution in [2.24, 2.45) is 10.8 Å². The summed E-state index contributed by atoms with van der Waals surface area (Å²) in [5, 5.41) is 2.55. The van der Waals surface area contributed by atoms with Gasteiger partial charge in [-0.1, -0.05) is 112 Å². The molecule has 0 aromatic heterocycles. The Kier molecular flexibility index (Phi) is 9.04. The Morgan fingerprint density at radius 1 is 0.784 bits per heavy atom. The highest BCUT2D eigenvalue weighted by atomic mass is 28.3. The lowest BCUT2D eigenvalue weighted by molar-refractivity contribution is -0.306. The summed E-state index contributed by atoms with van der Waals surface area (Å²) in [6, 6.07) is 31.7. The second kappa shape index (κ2) is 12.1. The van der Waals surface area contributed by atoms with Crippen LogP contribution in [0.15, 0.2) is 91.0 Å². The van der Waals surface area contributed by atoms with Gasteiger partial charge in [-0.2, -0.15) is 0 Å². The maximum absolute atomic E-state index is 7.34. The Hall–Kier alpha value is -2.28. The summed E-state index contributed by atoms with van der Waals surface area (Å²) in [6.45, 7) is 13.1. The highest BCUT2D eigenvalue weighted by Gasteiger charge is 2.51. The van der Waals surface area contributed by atoms with E-state index in [0.29, 0.717) is 26.4 Å². The first-order chi connectivity index (χ1) is 17.7. The first-order valence-corrected chi connectivity index (χ1v) is 15.0. The van der Waals surface area contributed by atoms with Crippen molar-refractivity contribution in [3.8, 4) is 0 Å². The molecule has 37 heavy (non-hydrogen) atoms. The van der Waals surface area contributed by atoms with Gasteiger partial charge in [-0.25, -0.2) is 0 Å². The van der Waals surface area contributed by atoms with Crippen LogP contribution in [0.25, 0.3) is 0 Å². The quantitative estimate of drug-likeness (QED) is 0.268. The van der Waals surface area contributed by atoms with E-state index < -0.39 is 14.8 Å². The van der Waals surface area contributed by atoms with Crippen LogP contribution in [0.5, 0.6) is 0 Å². The molecule has 1 unspecified atom stereocenters. The zero-order valence-electron chi connectivity index (χ0n) is 23.0. The topological polar surface area (TPSA) is 36.9 Å². The van der Waals surface area contributed by atoms with Gasteiger partial charge in [-0.15, -0.1) is 0 Å². The number of hydrogen-bond acceptors (Lipinski definition) is 4. The molecule has 0 spiro atoms. The molecule has 0 N–H and O–H groups in total. The third kappa shape index (κ3) is 7.40. The molecule has 0 aliphatic carbocycles. The molecule has 198 valence electrons. The third-order valence-electron chi connectivity index (χ3n) is 7.09. The van der Waals surface area contributed by atoms with Crippen molar-refractivity contribution < 1.29 is 18.6 Å². The fourth-order valence-electron chi connectivity index (χ4n) is 5.19.